The zero-order valence-corrected chi connectivity index (χ0v) is 15.1. The van der Waals surface area contributed by atoms with Crippen molar-refractivity contribution in [2.75, 3.05) is 5.32 Å². The molecule has 0 fully saturated rings. The number of rotatable bonds is 3. The Morgan fingerprint density at radius 1 is 1.04 bits per heavy atom. The third kappa shape index (κ3) is 3.22. The van der Waals surface area contributed by atoms with Gasteiger partial charge in [0, 0.05) is 24.0 Å². The Hall–Kier alpha value is -3.38. The SMILES string of the molecule is N#Cc1c(NCc2cnn3ccccc23)nc2c(c1C#N)CCCCCC2. The van der Waals surface area contributed by atoms with E-state index in [0.717, 1.165) is 48.0 Å². The number of aryl methyl sites for hydroxylation is 1. The molecule has 1 aliphatic carbocycles. The van der Waals surface area contributed by atoms with Crippen LogP contribution in [-0.2, 0) is 19.4 Å². The number of aromatic nitrogens is 3. The van der Waals surface area contributed by atoms with Crippen LogP contribution in [0.15, 0.2) is 30.6 Å². The predicted molar refractivity (Wildman–Crippen MR) is 102 cm³/mol. The topological polar surface area (TPSA) is 89.8 Å². The fourth-order valence-electron chi connectivity index (χ4n) is 3.76. The number of nitriles is 2. The van der Waals surface area contributed by atoms with Gasteiger partial charge in [-0.05, 0) is 43.4 Å². The van der Waals surface area contributed by atoms with Crippen molar-refractivity contribution in [1.29, 1.82) is 10.5 Å². The molecule has 0 spiro atoms. The van der Waals surface area contributed by atoms with Crippen LogP contribution in [0.3, 0.4) is 0 Å². The second kappa shape index (κ2) is 7.47. The molecule has 4 rings (SSSR count). The molecule has 0 saturated carbocycles. The third-order valence-corrected chi connectivity index (χ3v) is 5.15. The number of nitrogens with zero attached hydrogens (tertiary/aromatic N) is 5. The number of hydrogen-bond acceptors (Lipinski definition) is 5. The summed E-state index contributed by atoms with van der Waals surface area (Å²) in [6.07, 6.45) is 9.88. The van der Waals surface area contributed by atoms with Crippen LogP contribution >= 0.6 is 0 Å². The van der Waals surface area contributed by atoms with Crippen molar-refractivity contribution in [3.8, 4) is 12.1 Å². The van der Waals surface area contributed by atoms with Crippen molar-refractivity contribution in [3.05, 3.63) is 58.5 Å². The van der Waals surface area contributed by atoms with Crippen molar-refractivity contribution in [2.24, 2.45) is 0 Å². The van der Waals surface area contributed by atoms with Gasteiger partial charge in [-0.2, -0.15) is 15.6 Å². The molecule has 0 unspecified atom stereocenters. The van der Waals surface area contributed by atoms with Gasteiger partial charge in [0.05, 0.1) is 17.3 Å². The van der Waals surface area contributed by atoms with Crippen LogP contribution in [0.25, 0.3) is 5.52 Å². The van der Waals surface area contributed by atoms with E-state index in [1.54, 1.807) is 0 Å². The number of hydrogen-bond donors (Lipinski definition) is 1. The van der Waals surface area contributed by atoms with Crippen molar-refractivity contribution in [2.45, 2.75) is 45.1 Å². The summed E-state index contributed by atoms with van der Waals surface area (Å²) in [5, 5.41) is 27.0. The summed E-state index contributed by atoms with van der Waals surface area (Å²) in [6, 6.07) is 10.4. The largest absolute Gasteiger partial charge is 0.365 e. The predicted octanol–water partition coefficient (Wildman–Crippen LogP) is 3.74. The number of anilines is 1. The average molecular weight is 356 g/mol. The van der Waals surface area contributed by atoms with Gasteiger partial charge in [-0.3, -0.25) is 0 Å². The van der Waals surface area contributed by atoms with Gasteiger partial charge in [-0.25, -0.2) is 9.50 Å². The summed E-state index contributed by atoms with van der Waals surface area (Å²) < 4.78 is 1.82. The molecule has 0 aliphatic heterocycles. The summed E-state index contributed by atoms with van der Waals surface area (Å²) in [7, 11) is 0. The van der Waals surface area contributed by atoms with E-state index >= 15 is 0 Å². The lowest BCUT2D eigenvalue weighted by Crippen LogP contribution is -2.12. The molecule has 0 radical (unpaired) electrons. The monoisotopic (exact) mass is 356 g/mol. The van der Waals surface area contributed by atoms with E-state index < -0.39 is 0 Å². The number of fused-ring (bicyclic) bond motifs is 2. The molecule has 0 aromatic carbocycles. The molecule has 0 bridgehead atoms. The van der Waals surface area contributed by atoms with Gasteiger partial charge in [0.1, 0.15) is 23.5 Å². The summed E-state index contributed by atoms with van der Waals surface area (Å²) in [6.45, 7) is 0.499. The number of pyridine rings is 2. The van der Waals surface area contributed by atoms with Gasteiger partial charge >= 0.3 is 0 Å². The van der Waals surface area contributed by atoms with Crippen LogP contribution in [0, 0.1) is 22.7 Å². The lowest BCUT2D eigenvalue weighted by Gasteiger charge is -2.18. The minimum absolute atomic E-state index is 0.355. The summed E-state index contributed by atoms with van der Waals surface area (Å²) in [4.78, 5) is 4.76. The van der Waals surface area contributed by atoms with Crippen LogP contribution in [0.2, 0.25) is 0 Å². The first-order chi connectivity index (χ1) is 13.3. The quantitative estimate of drug-likeness (QED) is 0.772. The Kier molecular flexibility index (Phi) is 4.72. The van der Waals surface area contributed by atoms with Gasteiger partial charge in [0.15, 0.2) is 0 Å². The molecule has 0 amide bonds. The molecule has 3 aromatic heterocycles. The molecule has 1 aliphatic rings. The fraction of sp³-hybridized carbons (Fsp3) is 0.333. The maximum atomic E-state index is 9.72. The van der Waals surface area contributed by atoms with Gasteiger partial charge < -0.3 is 5.32 Å². The van der Waals surface area contributed by atoms with E-state index in [1.807, 2.05) is 35.1 Å². The minimum Gasteiger partial charge on any atom is -0.365 e. The Balaban J connectivity index is 1.70. The zero-order valence-electron chi connectivity index (χ0n) is 15.1. The number of nitrogens with one attached hydrogen (secondary N) is 1. The van der Waals surface area contributed by atoms with Crippen molar-refractivity contribution < 1.29 is 0 Å². The smallest absolute Gasteiger partial charge is 0.145 e. The highest BCUT2D eigenvalue weighted by atomic mass is 15.2. The molecule has 3 aromatic rings. The fourth-order valence-corrected chi connectivity index (χ4v) is 3.76. The van der Waals surface area contributed by atoms with E-state index in [9.17, 15) is 10.5 Å². The Morgan fingerprint density at radius 3 is 2.67 bits per heavy atom. The van der Waals surface area contributed by atoms with E-state index in [0.29, 0.717) is 23.5 Å². The Morgan fingerprint density at radius 2 is 1.85 bits per heavy atom. The minimum atomic E-state index is 0.355. The summed E-state index contributed by atoms with van der Waals surface area (Å²) >= 11 is 0. The Labute approximate surface area is 158 Å². The molecule has 6 nitrogen and oxygen atoms in total. The highest BCUT2D eigenvalue weighted by molar-refractivity contribution is 5.64. The molecule has 3 heterocycles. The first kappa shape index (κ1) is 17.1. The molecule has 0 atom stereocenters. The lowest BCUT2D eigenvalue weighted by molar-refractivity contribution is 0.608. The summed E-state index contributed by atoms with van der Waals surface area (Å²) in [5.41, 5.74) is 4.81. The van der Waals surface area contributed by atoms with E-state index in [2.05, 4.69) is 22.6 Å². The van der Waals surface area contributed by atoms with Crippen LogP contribution in [-0.4, -0.2) is 14.6 Å². The summed E-state index contributed by atoms with van der Waals surface area (Å²) in [5.74, 6) is 0.503. The van der Waals surface area contributed by atoms with Gasteiger partial charge in [0.25, 0.3) is 0 Å². The molecule has 27 heavy (non-hydrogen) atoms. The second-order valence-electron chi connectivity index (χ2n) is 6.83. The van der Waals surface area contributed by atoms with Crippen LogP contribution in [0.4, 0.5) is 5.82 Å². The molecular weight excluding hydrogens is 336 g/mol. The van der Waals surface area contributed by atoms with Gasteiger partial charge in [-0.15, -0.1) is 0 Å². The molecule has 134 valence electrons. The van der Waals surface area contributed by atoms with Crippen LogP contribution in [0.5, 0.6) is 0 Å². The van der Waals surface area contributed by atoms with Crippen molar-refractivity contribution in [3.63, 3.8) is 0 Å². The van der Waals surface area contributed by atoms with Gasteiger partial charge in [-0.1, -0.05) is 18.9 Å². The molecular formula is C21H20N6. The standard InChI is InChI=1S/C21H20N6/c22-11-17-16-7-3-1-2-4-8-19(16)26-21(18(17)12-23)24-13-15-14-25-27-10-6-5-9-20(15)27/h5-6,9-10,14H,1-4,7-8,13H2,(H,24,26). The Bertz CT molecular complexity index is 1070. The average Bonchev–Trinajstić information content (AvgIpc) is 3.09. The van der Waals surface area contributed by atoms with Gasteiger partial charge in [0.2, 0.25) is 0 Å². The van der Waals surface area contributed by atoms with E-state index in [1.165, 1.54) is 12.8 Å². The van der Waals surface area contributed by atoms with Crippen molar-refractivity contribution >= 4 is 11.3 Å². The highest BCUT2D eigenvalue weighted by Gasteiger charge is 2.20. The first-order valence-corrected chi connectivity index (χ1v) is 9.33. The molecule has 1 N–H and O–H groups in total. The molecule has 6 heteroatoms. The van der Waals surface area contributed by atoms with E-state index in [4.69, 9.17) is 4.98 Å². The van der Waals surface area contributed by atoms with Crippen LogP contribution in [0.1, 0.15) is 53.6 Å². The highest BCUT2D eigenvalue weighted by Crippen LogP contribution is 2.28. The zero-order chi connectivity index (χ0) is 18.6. The first-order valence-electron chi connectivity index (χ1n) is 9.33. The lowest BCUT2D eigenvalue weighted by atomic mass is 9.91. The maximum Gasteiger partial charge on any atom is 0.145 e. The second-order valence-corrected chi connectivity index (χ2v) is 6.83. The van der Waals surface area contributed by atoms with E-state index in [-0.39, 0.29) is 0 Å². The molecule has 0 saturated heterocycles. The van der Waals surface area contributed by atoms with Crippen molar-refractivity contribution in [1.82, 2.24) is 14.6 Å². The van der Waals surface area contributed by atoms with Crippen LogP contribution < -0.4 is 5.32 Å². The maximum absolute atomic E-state index is 9.72. The third-order valence-electron chi connectivity index (χ3n) is 5.15. The normalized spacial score (nSPS) is 13.9.